The first-order chi connectivity index (χ1) is 17.1. The van der Waals surface area contributed by atoms with Crippen LogP contribution >= 0.6 is 11.5 Å². The molecule has 9 heteroatoms. The van der Waals surface area contributed by atoms with Crippen LogP contribution in [0.15, 0.2) is 84.0 Å². The molecule has 0 aliphatic carbocycles. The Kier molecular flexibility index (Phi) is 5.75. The Labute approximate surface area is 208 Å². The fourth-order valence-corrected chi connectivity index (χ4v) is 6.86. The number of benzene rings is 3. The zero-order valence-corrected chi connectivity index (χ0v) is 20.5. The number of hydrogen-bond acceptors (Lipinski definition) is 7. The Hall–Kier alpha value is -3.27. The Bertz CT molecular complexity index is 1440. The van der Waals surface area contributed by atoms with Gasteiger partial charge >= 0.3 is 0 Å². The van der Waals surface area contributed by atoms with E-state index in [2.05, 4.69) is 67.5 Å². The number of nitrogens with one attached hydrogen (secondary N) is 1. The van der Waals surface area contributed by atoms with Gasteiger partial charge in [0.25, 0.3) is 10.0 Å². The molecular weight excluding hydrogens is 480 g/mol. The Balaban J connectivity index is 1.37. The van der Waals surface area contributed by atoms with Gasteiger partial charge in [0.15, 0.2) is 0 Å². The summed E-state index contributed by atoms with van der Waals surface area (Å²) in [4.78, 5) is 6.62. The van der Waals surface area contributed by atoms with Gasteiger partial charge in [-0.05, 0) is 29.2 Å². The second kappa shape index (κ2) is 9.07. The van der Waals surface area contributed by atoms with Crippen molar-refractivity contribution in [1.29, 1.82) is 0 Å². The third kappa shape index (κ3) is 4.20. The van der Waals surface area contributed by atoms with Gasteiger partial charge in [0.2, 0.25) is 5.13 Å². The molecule has 178 valence electrons. The predicted octanol–water partition coefficient (Wildman–Crippen LogP) is 4.81. The molecule has 35 heavy (non-hydrogen) atoms. The maximum atomic E-state index is 12.9. The lowest BCUT2D eigenvalue weighted by molar-refractivity contribution is 0.105. The molecule has 3 heterocycles. The van der Waals surface area contributed by atoms with Crippen molar-refractivity contribution in [3.8, 4) is 5.75 Å². The maximum Gasteiger partial charge on any atom is 0.263 e. The minimum atomic E-state index is -3.79. The molecule has 2 aliphatic rings. The molecule has 1 unspecified atom stereocenters. The van der Waals surface area contributed by atoms with Gasteiger partial charge in [-0.25, -0.2) is 13.4 Å². The van der Waals surface area contributed by atoms with Gasteiger partial charge in [0.05, 0.1) is 17.5 Å². The molecule has 2 aliphatic heterocycles. The molecule has 0 bridgehead atoms. The van der Waals surface area contributed by atoms with Crippen molar-refractivity contribution in [3.05, 3.63) is 101 Å². The van der Waals surface area contributed by atoms with Crippen molar-refractivity contribution >= 4 is 26.7 Å². The summed E-state index contributed by atoms with van der Waals surface area (Å²) in [6, 6.07) is 24.7. The van der Waals surface area contributed by atoms with Gasteiger partial charge in [0, 0.05) is 42.2 Å². The number of aromatic nitrogens is 2. The van der Waals surface area contributed by atoms with Gasteiger partial charge in [0.1, 0.15) is 12.1 Å². The van der Waals surface area contributed by atoms with Gasteiger partial charge < -0.3 is 4.74 Å². The number of hydrogen-bond donors (Lipinski definition) is 1. The Morgan fingerprint density at radius 1 is 1.00 bits per heavy atom. The minimum absolute atomic E-state index is 0.116. The number of ether oxygens (including phenoxy) is 1. The molecule has 2 atom stereocenters. The molecule has 0 radical (unpaired) electrons. The smallest absolute Gasteiger partial charge is 0.263 e. The van der Waals surface area contributed by atoms with E-state index in [0.29, 0.717) is 12.4 Å². The number of sulfonamides is 1. The lowest BCUT2D eigenvalue weighted by Gasteiger charge is -2.44. The van der Waals surface area contributed by atoms with Crippen LogP contribution < -0.4 is 9.46 Å². The molecule has 0 spiro atoms. The van der Waals surface area contributed by atoms with Crippen molar-refractivity contribution in [2.45, 2.75) is 29.8 Å². The zero-order valence-electron chi connectivity index (χ0n) is 18.9. The summed E-state index contributed by atoms with van der Waals surface area (Å²) in [5, 5.41) is 0.235. The SMILES string of the molecule is O=S(=O)(Nc1ncns1)c1ccc2c(c1)OCCC2N1CCc2ccccc2[C@H]1c1ccccc1. The molecule has 0 saturated carbocycles. The summed E-state index contributed by atoms with van der Waals surface area (Å²) in [5.74, 6) is 0.618. The van der Waals surface area contributed by atoms with Crippen molar-refractivity contribution in [3.63, 3.8) is 0 Å². The third-order valence-corrected chi connectivity index (χ3v) is 8.77. The summed E-state index contributed by atoms with van der Waals surface area (Å²) in [6.45, 7) is 1.45. The highest BCUT2D eigenvalue weighted by Gasteiger charge is 2.37. The van der Waals surface area contributed by atoms with E-state index >= 15 is 0 Å². The number of fused-ring (bicyclic) bond motifs is 2. The average Bonchev–Trinajstić information content (AvgIpc) is 3.40. The van der Waals surface area contributed by atoms with E-state index in [1.165, 1.54) is 23.0 Å². The van der Waals surface area contributed by atoms with Crippen LogP contribution in [0.2, 0.25) is 0 Å². The highest BCUT2D eigenvalue weighted by Crippen LogP contribution is 2.45. The summed E-state index contributed by atoms with van der Waals surface area (Å²) in [6.07, 6.45) is 3.14. The van der Waals surface area contributed by atoms with Crippen LogP contribution in [0.4, 0.5) is 5.13 Å². The van der Waals surface area contributed by atoms with E-state index in [1.54, 1.807) is 12.1 Å². The fourth-order valence-electron chi connectivity index (χ4n) is 5.18. The van der Waals surface area contributed by atoms with Crippen LogP contribution in [0.3, 0.4) is 0 Å². The standard InChI is InChI=1S/C26H24N4O3S2/c31-35(32,29-26-27-17-28-34-26)20-10-11-22-23(13-15-33-24(22)16-20)30-14-12-18-6-4-5-9-21(18)25(30)19-7-2-1-3-8-19/h1-11,16-17,23,25H,12-15H2,(H,27,28,29)/t23?,25-/m1/s1. The van der Waals surface area contributed by atoms with Crippen molar-refractivity contribution in [1.82, 2.24) is 14.3 Å². The summed E-state index contributed by atoms with van der Waals surface area (Å²) in [7, 11) is -3.79. The third-order valence-electron chi connectivity index (χ3n) is 6.72. The van der Waals surface area contributed by atoms with Crippen LogP contribution in [0.25, 0.3) is 0 Å². The molecule has 1 aromatic heterocycles. The molecular formula is C26H24N4O3S2. The normalized spacial score (nSPS) is 19.9. The van der Waals surface area contributed by atoms with E-state index in [4.69, 9.17) is 4.74 Å². The van der Waals surface area contributed by atoms with E-state index in [1.807, 2.05) is 12.1 Å². The van der Waals surface area contributed by atoms with Gasteiger partial charge in [-0.3, -0.25) is 9.62 Å². The highest BCUT2D eigenvalue weighted by molar-refractivity contribution is 7.93. The van der Waals surface area contributed by atoms with E-state index < -0.39 is 10.0 Å². The summed E-state index contributed by atoms with van der Waals surface area (Å²) in [5.41, 5.74) is 4.99. The molecule has 3 aromatic carbocycles. The minimum Gasteiger partial charge on any atom is -0.493 e. The van der Waals surface area contributed by atoms with Gasteiger partial charge in [-0.1, -0.05) is 60.7 Å². The molecule has 0 saturated heterocycles. The second-order valence-electron chi connectivity index (χ2n) is 8.70. The van der Waals surface area contributed by atoms with Crippen molar-refractivity contribution in [2.75, 3.05) is 17.9 Å². The topological polar surface area (TPSA) is 84.4 Å². The van der Waals surface area contributed by atoms with Crippen molar-refractivity contribution < 1.29 is 13.2 Å². The highest BCUT2D eigenvalue weighted by atomic mass is 32.2. The average molecular weight is 505 g/mol. The Morgan fingerprint density at radius 3 is 2.66 bits per heavy atom. The van der Waals surface area contributed by atoms with Crippen LogP contribution in [-0.4, -0.2) is 35.8 Å². The molecule has 6 rings (SSSR count). The number of anilines is 1. The fraction of sp³-hybridized carbons (Fsp3) is 0.231. The van der Waals surface area contributed by atoms with Crippen LogP contribution in [0.1, 0.15) is 40.8 Å². The lowest BCUT2D eigenvalue weighted by atomic mass is 9.85. The monoisotopic (exact) mass is 504 g/mol. The molecule has 1 N–H and O–H groups in total. The molecule has 7 nitrogen and oxygen atoms in total. The number of rotatable bonds is 5. The quantitative estimate of drug-likeness (QED) is 0.420. The lowest BCUT2D eigenvalue weighted by Crippen LogP contribution is -2.40. The first-order valence-electron chi connectivity index (χ1n) is 11.5. The first kappa shape index (κ1) is 22.2. The molecule has 0 amide bonds. The second-order valence-corrected chi connectivity index (χ2v) is 11.2. The van der Waals surface area contributed by atoms with Gasteiger partial charge in [-0.2, -0.15) is 4.37 Å². The van der Waals surface area contributed by atoms with Crippen LogP contribution in [-0.2, 0) is 16.4 Å². The maximum absolute atomic E-state index is 12.9. The number of nitrogens with zero attached hydrogens (tertiary/aromatic N) is 3. The zero-order chi connectivity index (χ0) is 23.8. The van der Waals surface area contributed by atoms with E-state index in [-0.39, 0.29) is 22.1 Å². The Morgan fingerprint density at radius 2 is 1.83 bits per heavy atom. The summed E-state index contributed by atoms with van der Waals surface area (Å²) < 4.78 is 38.1. The van der Waals surface area contributed by atoms with Crippen molar-refractivity contribution in [2.24, 2.45) is 0 Å². The van der Waals surface area contributed by atoms with E-state index in [9.17, 15) is 8.42 Å². The van der Waals surface area contributed by atoms with Gasteiger partial charge in [-0.15, -0.1) is 0 Å². The first-order valence-corrected chi connectivity index (χ1v) is 13.8. The largest absolute Gasteiger partial charge is 0.493 e. The molecule has 0 fully saturated rings. The summed E-state index contributed by atoms with van der Waals surface area (Å²) >= 11 is 0.996. The predicted molar refractivity (Wildman–Crippen MR) is 135 cm³/mol. The van der Waals surface area contributed by atoms with Crippen LogP contribution in [0.5, 0.6) is 5.75 Å². The molecule has 4 aromatic rings. The van der Waals surface area contributed by atoms with Crippen LogP contribution in [0, 0.1) is 0 Å². The van der Waals surface area contributed by atoms with E-state index in [0.717, 1.165) is 36.5 Å².